The zero-order valence-electron chi connectivity index (χ0n) is 14.7. The lowest BCUT2D eigenvalue weighted by Gasteiger charge is -2.18. The first kappa shape index (κ1) is 17.3. The van der Waals surface area contributed by atoms with Gasteiger partial charge < -0.3 is 19.7 Å². The van der Waals surface area contributed by atoms with Crippen molar-refractivity contribution < 1.29 is 14.3 Å². The molecule has 25 heavy (non-hydrogen) atoms. The number of aryl methyl sites for hydroxylation is 1. The number of carbonyl (C=O) groups excluding carboxylic acids is 1. The Labute approximate surface area is 148 Å². The van der Waals surface area contributed by atoms with Gasteiger partial charge in [-0.1, -0.05) is 17.7 Å². The maximum atomic E-state index is 12.0. The van der Waals surface area contributed by atoms with Crippen LogP contribution in [0.15, 0.2) is 48.5 Å². The standard InChI is InChI=1S/C20H24N2O3/c1-15-3-9-18(10-4-15)25-14-20(23)21-16-5-7-17(8-6-16)22-12-11-19(13-22)24-2/h3-10,19H,11-14H2,1-2H3,(H,21,23). The molecule has 1 fully saturated rings. The summed E-state index contributed by atoms with van der Waals surface area (Å²) < 4.78 is 10.9. The number of rotatable bonds is 6. The van der Waals surface area contributed by atoms with Crippen molar-refractivity contribution in [3.05, 3.63) is 54.1 Å². The van der Waals surface area contributed by atoms with Crippen LogP contribution >= 0.6 is 0 Å². The monoisotopic (exact) mass is 340 g/mol. The van der Waals surface area contributed by atoms with Gasteiger partial charge in [0.05, 0.1) is 6.10 Å². The highest BCUT2D eigenvalue weighted by molar-refractivity contribution is 5.92. The third-order valence-electron chi connectivity index (χ3n) is 4.39. The van der Waals surface area contributed by atoms with Gasteiger partial charge >= 0.3 is 0 Å². The van der Waals surface area contributed by atoms with Gasteiger partial charge in [0.25, 0.3) is 5.91 Å². The number of hydrogen-bond acceptors (Lipinski definition) is 4. The van der Waals surface area contributed by atoms with Crippen molar-refractivity contribution in [2.75, 3.05) is 37.0 Å². The van der Waals surface area contributed by atoms with Crippen LogP contribution in [0.25, 0.3) is 0 Å². The Balaban J connectivity index is 1.49. The van der Waals surface area contributed by atoms with E-state index in [1.165, 1.54) is 0 Å². The van der Waals surface area contributed by atoms with Crippen LogP contribution in [-0.4, -0.2) is 38.8 Å². The maximum Gasteiger partial charge on any atom is 0.262 e. The van der Waals surface area contributed by atoms with E-state index in [0.717, 1.165) is 36.4 Å². The Hall–Kier alpha value is -2.53. The molecule has 0 aromatic heterocycles. The molecule has 5 nitrogen and oxygen atoms in total. The molecule has 3 rings (SSSR count). The quantitative estimate of drug-likeness (QED) is 0.877. The van der Waals surface area contributed by atoms with Crippen molar-refractivity contribution >= 4 is 17.3 Å². The first-order chi connectivity index (χ1) is 12.1. The van der Waals surface area contributed by atoms with E-state index in [1.807, 2.05) is 55.5 Å². The predicted octanol–water partition coefficient (Wildman–Crippen LogP) is 3.24. The van der Waals surface area contributed by atoms with Crippen LogP contribution in [0.3, 0.4) is 0 Å². The molecule has 1 aliphatic heterocycles. The summed E-state index contributed by atoms with van der Waals surface area (Å²) in [4.78, 5) is 14.3. The lowest BCUT2D eigenvalue weighted by molar-refractivity contribution is -0.118. The first-order valence-corrected chi connectivity index (χ1v) is 8.51. The number of nitrogens with one attached hydrogen (secondary N) is 1. The number of anilines is 2. The Morgan fingerprint density at radius 1 is 1.16 bits per heavy atom. The lowest BCUT2D eigenvalue weighted by atomic mass is 10.2. The van der Waals surface area contributed by atoms with Crippen molar-refractivity contribution in [3.8, 4) is 5.75 Å². The topological polar surface area (TPSA) is 50.8 Å². The number of benzene rings is 2. The van der Waals surface area contributed by atoms with Gasteiger partial charge in [-0.3, -0.25) is 4.79 Å². The summed E-state index contributed by atoms with van der Waals surface area (Å²) in [5.74, 6) is 0.520. The fourth-order valence-electron chi connectivity index (χ4n) is 2.89. The fourth-order valence-corrected chi connectivity index (χ4v) is 2.89. The van der Waals surface area contributed by atoms with Gasteiger partial charge in [-0.05, 0) is 49.7 Å². The van der Waals surface area contributed by atoms with Crippen LogP contribution in [0.1, 0.15) is 12.0 Å². The molecule has 1 unspecified atom stereocenters. The fraction of sp³-hybridized carbons (Fsp3) is 0.350. The molecule has 0 saturated carbocycles. The van der Waals surface area contributed by atoms with Gasteiger partial charge in [-0.15, -0.1) is 0 Å². The highest BCUT2D eigenvalue weighted by Gasteiger charge is 2.22. The minimum absolute atomic E-state index is 0.00748. The SMILES string of the molecule is COC1CCN(c2ccc(NC(=O)COc3ccc(C)cc3)cc2)C1. The van der Waals surface area contributed by atoms with Crippen LogP contribution in [0, 0.1) is 6.92 Å². The molecule has 2 aromatic rings. The molecule has 132 valence electrons. The summed E-state index contributed by atoms with van der Waals surface area (Å²) in [5.41, 5.74) is 3.07. The second-order valence-corrected chi connectivity index (χ2v) is 6.29. The van der Waals surface area contributed by atoms with Crippen LogP contribution in [0.5, 0.6) is 5.75 Å². The number of nitrogens with zero attached hydrogens (tertiary/aromatic N) is 1. The average molecular weight is 340 g/mol. The van der Waals surface area contributed by atoms with Gasteiger partial charge in [-0.25, -0.2) is 0 Å². The van der Waals surface area contributed by atoms with Gasteiger partial charge in [0.1, 0.15) is 5.75 Å². The van der Waals surface area contributed by atoms with Crippen molar-refractivity contribution in [1.29, 1.82) is 0 Å². The lowest BCUT2D eigenvalue weighted by Crippen LogP contribution is -2.22. The van der Waals surface area contributed by atoms with Crippen LogP contribution in [-0.2, 0) is 9.53 Å². The van der Waals surface area contributed by atoms with E-state index < -0.39 is 0 Å². The summed E-state index contributed by atoms with van der Waals surface area (Å²) in [6, 6.07) is 15.5. The number of methoxy groups -OCH3 is 1. The number of hydrogen-bond donors (Lipinski definition) is 1. The summed E-state index contributed by atoms with van der Waals surface area (Å²) in [6.45, 7) is 3.91. The minimum Gasteiger partial charge on any atom is -0.484 e. The molecule has 0 bridgehead atoms. The van der Waals surface area contributed by atoms with Gasteiger partial charge in [0.2, 0.25) is 0 Å². The highest BCUT2D eigenvalue weighted by Crippen LogP contribution is 2.23. The summed E-state index contributed by atoms with van der Waals surface area (Å²) in [5, 5.41) is 2.85. The van der Waals surface area contributed by atoms with Gasteiger partial charge in [0, 0.05) is 31.6 Å². The molecule has 1 heterocycles. The third-order valence-corrected chi connectivity index (χ3v) is 4.39. The van der Waals surface area contributed by atoms with Crippen molar-refractivity contribution in [3.63, 3.8) is 0 Å². The molecule has 1 saturated heterocycles. The maximum absolute atomic E-state index is 12.0. The van der Waals surface area contributed by atoms with E-state index in [0.29, 0.717) is 11.9 Å². The van der Waals surface area contributed by atoms with E-state index in [-0.39, 0.29) is 12.5 Å². The summed E-state index contributed by atoms with van der Waals surface area (Å²) >= 11 is 0. The van der Waals surface area contributed by atoms with Crippen molar-refractivity contribution in [1.82, 2.24) is 0 Å². The number of ether oxygens (including phenoxy) is 2. The molecular formula is C20H24N2O3. The third kappa shape index (κ3) is 4.73. The molecule has 5 heteroatoms. The van der Waals surface area contributed by atoms with E-state index >= 15 is 0 Å². The van der Waals surface area contributed by atoms with Gasteiger partial charge in [-0.2, -0.15) is 0 Å². The smallest absolute Gasteiger partial charge is 0.262 e. The Kier molecular flexibility index (Phi) is 5.56. The van der Waals surface area contributed by atoms with E-state index in [4.69, 9.17) is 9.47 Å². The zero-order chi connectivity index (χ0) is 17.6. The molecule has 1 aliphatic rings. The second-order valence-electron chi connectivity index (χ2n) is 6.29. The van der Waals surface area contributed by atoms with E-state index in [2.05, 4.69) is 10.2 Å². The predicted molar refractivity (Wildman–Crippen MR) is 99.4 cm³/mol. The minimum atomic E-state index is -0.172. The van der Waals surface area contributed by atoms with Crippen LogP contribution in [0.2, 0.25) is 0 Å². The second kappa shape index (κ2) is 8.03. The first-order valence-electron chi connectivity index (χ1n) is 8.51. The molecule has 0 radical (unpaired) electrons. The molecule has 0 aliphatic carbocycles. The summed E-state index contributed by atoms with van der Waals surface area (Å²) in [7, 11) is 1.76. The van der Waals surface area contributed by atoms with Crippen molar-refractivity contribution in [2.45, 2.75) is 19.4 Å². The van der Waals surface area contributed by atoms with Crippen molar-refractivity contribution in [2.24, 2.45) is 0 Å². The highest BCUT2D eigenvalue weighted by atomic mass is 16.5. The number of amides is 1. The largest absolute Gasteiger partial charge is 0.484 e. The number of carbonyl (C=O) groups is 1. The molecule has 1 amide bonds. The van der Waals surface area contributed by atoms with Crippen LogP contribution in [0.4, 0.5) is 11.4 Å². The normalized spacial score (nSPS) is 16.7. The Morgan fingerprint density at radius 3 is 2.52 bits per heavy atom. The Morgan fingerprint density at radius 2 is 1.88 bits per heavy atom. The Bertz CT molecular complexity index is 698. The van der Waals surface area contributed by atoms with E-state index in [9.17, 15) is 4.79 Å². The van der Waals surface area contributed by atoms with Gasteiger partial charge in [0.15, 0.2) is 6.61 Å². The summed E-state index contributed by atoms with van der Waals surface area (Å²) in [6.07, 6.45) is 1.35. The molecule has 0 spiro atoms. The average Bonchev–Trinajstić information content (AvgIpc) is 3.11. The molecule has 1 N–H and O–H groups in total. The van der Waals surface area contributed by atoms with E-state index in [1.54, 1.807) is 7.11 Å². The molecular weight excluding hydrogens is 316 g/mol. The molecule has 2 aromatic carbocycles. The van der Waals surface area contributed by atoms with Crippen LogP contribution < -0.4 is 15.0 Å². The molecule has 1 atom stereocenters. The zero-order valence-corrected chi connectivity index (χ0v) is 14.7.